The highest BCUT2D eigenvalue weighted by atomic mass is 32.2. The molecule has 2 aromatic carbocycles. The average Bonchev–Trinajstić information content (AvgIpc) is 3.45. The minimum Gasteiger partial charge on any atom is -0.267 e. The van der Waals surface area contributed by atoms with Crippen LogP contribution in [0.4, 0.5) is 0 Å². The van der Waals surface area contributed by atoms with E-state index in [4.69, 9.17) is 0 Å². The number of para-hydroxylation sites is 1. The van der Waals surface area contributed by atoms with Gasteiger partial charge in [0.1, 0.15) is 0 Å². The van der Waals surface area contributed by atoms with E-state index in [0.717, 1.165) is 32.6 Å². The number of aromatic nitrogens is 5. The second-order valence-electron chi connectivity index (χ2n) is 7.53. The van der Waals surface area contributed by atoms with Gasteiger partial charge in [-0.25, -0.2) is 14.5 Å². The van der Waals surface area contributed by atoms with Crippen molar-refractivity contribution < 1.29 is 9.59 Å². The SMILES string of the molecule is Cc1cc(C)n2nc(C(=O)NNC(=O)c3ccc(CSc4nc5ccccc5s4)cc3)nc2n1. The van der Waals surface area contributed by atoms with Gasteiger partial charge in [-0.15, -0.1) is 16.4 Å². The van der Waals surface area contributed by atoms with E-state index < -0.39 is 11.8 Å². The molecule has 0 bridgehead atoms. The van der Waals surface area contributed by atoms with Crippen molar-refractivity contribution in [2.45, 2.75) is 23.9 Å². The molecule has 0 spiro atoms. The summed E-state index contributed by atoms with van der Waals surface area (Å²) in [4.78, 5) is 37.8. The molecule has 0 fully saturated rings. The van der Waals surface area contributed by atoms with Crippen LogP contribution in [-0.2, 0) is 5.75 Å². The minimum atomic E-state index is -0.625. The number of hydrogen-bond acceptors (Lipinski definition) is 8. The lowest BCUT2D eigenvalue weighted by Crippen LogP contribution is -2.42. The number of hydrazine groups is 1. The van der Waals surface area contributed by atoms with Gasteiger partial charge in [-0.3, -0.25) is 20.4 Å². The third-order valence-electron chi connectivity index (χ3n) is 4.96. The van der Waals surface area contributed by atoms with Gasteiger partial charge in [0.2, 0.25) is 5.82 Å². The summed E-state index contributed by atoms with van der Waals surface area (Å²) in [6.45, 7) is 3.69. The maximum Gasteiger partial charge on any atom is 0.309 e. The normalized spacial score (nSPS) is 11.1. The van der Waals surface area contributed by atoms with Crippen LogP contribution < -0.4 is 10.9 Å². The highest BCUT2D eigenvalue weighted by Crippen LogP contribution is 2.31. The Morgan fingerprint density at radius 1 is 0.971 bits per heavy atom. The summed E-state index contributed by atoms with van der Waals surface area (Å²) in [7, 11) is 0. The van der Waals surface area contributed by atoms with Crippen LogP contribution in [0.2, 0.25) is 0 Å². The van der Waals surface area contributed by atoms with Gasteiger partial charge >= 0.3 is 5.91 Å². The zero-order valence-electron chi connectivity index (χ0n) is 18.3. The first-order valence-corrected chi connectivity index (χ1v) is 12.2. The summed E-state index contributed by atoms with van der Waals surface area (Å²) in [6, 6.07) is 17.1. The van der Waals surface area contributed by atoms with Crippen molar-refractivity contribution in [3.05, 3.63) is 82.9 Å². The van der Waals surface area contributed by atoms with Crippen molar-refractivity contribution in [3.8, 4) is 0 Å². The molecule has 5 rings (SSSR count). The summed E-state index contributed by atoms with van der Waals surface area (Å²) in [5.74, 6) is -0.0744. The van der Waals surface area contributed by atoms with Crippen LogP contribution in [0.15, 0.2) is 58.9 Å². The van der Waals surface area contributed by atoms with Crippen LogP contribution in [0.25, 0.3) is 16.0 Å². The Bertz CT molecular complexity index is 1490. The lowest BCUT2D eigenvalue weighted by Gasteiger charge is -2.06. The van der Waals surface area contributed by atoms with Gasteiger partial charge in [-0.05, 0) is 49.7 Å². The molecule has 9 nitrogen and oxygen atoms in total. The Morgan fingerprint density at radius 3 is 2.53 bits per heavy atom. The molecule has 0 radical (unpaired) electrons. The maximum absolute atomic E-state index is 12.4. The number of amides is 2. The molecule has 5 aromatic rings. The van der Waals surface area contributed by atoms with Gasteiger partial charge in [0.25, 0.3) is 11.7 Å². The van der Waals surface area contributed by atoms with E-state index in [1.807, 2.05) is 50.2 Å². The molecule has 0 aliphatic rings. The number of aryl methyl sites for hydroxylation is 2. The maximum atomic E-state index is 12.4. The average molecular weight is 490 g/mol. The molecule has 2 amide bonds. The molecule has 3 aromatic heterocycles. The number of carbonyl (C=O) groups is 2. The first kappa shape index (κ1) is 22.0. The van der Waals surface area contributed by atoms with Crippen molar-refractivity contribution in [2.24, 2.45) is 0 Å². The first-order chi connectivity index (χ1) is 16.5. The summed E-state index contributed by atoms with van der Waals surface area (Å²) in [5, 5.41) is 4.15. The molecule has 3 heterocycles. The zero-order chi connectivity index (χ0) is 23.7. The molecular formula is C23H19N7O2S2. The van der Waals surface area contributed by atoms with E-state index >= 15 is 0 Å². The van der Waals surface area contributed by atoms with E-state index in [1.54, 1.807) is 35.2 Å². The van der Waals surface area contributed by atoms with E-state index in [-0.39, 0.29) is 5.82 Å². The number of carbonyl (C=O) groups excluding carboxylic acids is 2. The first-order valence-electron chi connectivity index (χ1n) is 10.4. The molecule has 11 heteroatoms. The zero-order valence-corrected chi connectivity index (χ0v) is 19.9. The summed E-state index contributed by atoms with van der Waals surface area (Å²) in [5.41, 5.74) is 8.82. The number of nitrogens with zero attached hydrogens (tertiary/aromatic N) is 5. The third-order valence-corrected chi connectivity index (χ3v) is 7.21. The minimum absolute atomic E-state index is 0.0799. The fourth-order valence-corrected chi connectivity index (χ4v) is 5.34. The van der Waals surface area contributed by atoms with E-state index in [0.29, 0.717) is 11.3 Å². The summed E-state index contributed by atoms with van der Waals surface area (Å²) >= 11 is 3.32. The number of benzene rings is 2. The van der Waals surface area contributed by atoms with E-state index in [9.17, 15) is 9.59 Å². The van der Waals surface area contributed by atoms with Gasteiger partial charge in [-0.1, -0.05) is 36.0 Å². The molecule has 170 valence electrons. The molecule has 0 unspecified atom stereocenters. The Kier molecular flexibility index (Phi) is 5.95. The second kappa shape index (κ2) is 9.20. The largest absolute Gasteiger partial charge is 0.309 e. The smallest absolute Gasteiger partial charge is 0.267 e. The predicted molar refractivity (Wildman–Crippen MR) is 131 cm³/mol. The van der Waals surface area contributed by atoms with E-state index in [1.165, 1.54) is 9.22 Å². The molecule has 34 heavy (non-hydrogen) atoms. The van der Waals surface area contributed by atoms with Gasteiger partial charge in [0.15, 0.2) is 4.34 Å². The molecular weight excluding hydrogens is 470 g/mol. The summed E-state index contributed by atoms with van der Waals surface area (Å²) in [6.07, 6.45) is 0. The van der Waals surface area contributed by atoms with Gasteiger partial charge in [-0.2, -0.15) is 4.98 Å². The van der Waals surface area contributed by atoms with Crippen LogP contribution in [-0.4, -0.2) is 36.4 Å². The van der Waals surface area contributed by atoms with Crippen molar-refractivity contribution in [3.63, 3.8) is 0 Å². The third kappa shape index (κ3) is 4.61. The quantitative estimate of drug-likeness (QED) is 0.286. The molecule has 2 N–H and O–H groups in total. The van der Waals surface area contributed by atoms with Crippen LogP contribution in [0.3, 0.4) is 0 Å². The lowest BCUT2D eigenvalue weighted by atomic mass is 10.1. The standard InChI is InChI=1S/C23H19N7O2S2/c1-13-11-14(2)30-22(24-13)26-19(29-30)21(32)28-27-20(31)16-9-7-15(8-10-16)12-33-23-25-17-5-3-4-6-18(17)34-23/h3-11H,12H2,1-2H3,(H,27,31)(H,28,32). The van der Waals surface area contributed by atoms with Crippen LogP contribution in [0.1, 0.15) is 37.9 Å². The molecule has 0 aliphatic heterocycles. The monoisotopic (exact) mass is 489 g/mol. The van der Waals surface area contributed by atoms with Gasteiger partial charge < -0.3 is 0 Å². The number of hydrogen-bond donors (Lipinski definition) is 2. The predicted octanol–water partition coefficient (Wildman–Crippen LogP) is 3.72. The Morgan fingerprint density at radius 2 is 1.74 bits per heavy atom. The number of thioether (sulfide) groups is 1. The van der Waals surface area contributed by atoms with Crippen molar-refractivity contribution >= 4 is 50.9 Å². The van der Waals surface area contributed by atoms with Gasteiger partial charge in [0, 0.05) is 22.7 Å². The number of thiazole rings is 1. The van der Waals surface area contributed by atoms with E-state index in [2.05, 4.69) is 37.0 Å². The lowest BCUT2D eigenvalue weighted by molar-refractivity contribution is 0.0841. The van der Waals surface area contributed by atoms with Crippen LogP contribution in [0.5, 0.6) is 0 Å². The molecule has 0 atom stereocenters. The number of fused-ring (bicyclic) bond motifs is 2. The Balaban J connectivity index is 1.17. The summed E-state index contributed by atoms with van der Waals surface area (Å²) < 4.78 is 3.65. The second-order valence-corrected chi connectivity index (χ2v) is 9.78. The fraction of sp³-hybridized carbons (Fsp3) is 0.130. The van der Waals surface area contributed by atoms with Crippen molar-refractivity contribution in [1.82, 2.24) is 35.4 Å². The fourth-order valence-electron chi connectivity index (χ4n) is 3.31. The highest BCUT2D eigenvalue weighted by molar-refractivity contribution is 8.00. The Labute approximate surface area is 202 Å². The van der Waals surface area contributed by atoms with Crippen molar-refractivity contribution in [1.29, 1.82) is 0 Å². The van der Waals surface area contributed by atoms with Crippen molar-refractivity contribution in [2.75, 3.05) is 0 Å². The van der Waals surface area contributed by atoms with Crippen LogP contribution >= 0.6 is 23.1 Å². The van der Waals surface area contributed by atoms with Gasteiger partial charge in [0.05, 0.1) is 10.2 Å². The highest BCUT2D eigenvalue weighted by Gasteiger charge is 2.16. The molecule has 0 aliphatic carbocycles. The Hall–Kier alpha value is -3.83. The number of rotatable bonds is 5. The number of nitrogens with one attached hydrogen (secondary N) is 2. The molecule has 0 saturated heterocycles. The topological polar surface area (TPSA) is 114 Å². The van der Waals surface area contributed by atoms with Crippen LogP contribution in [0, 0.1) is 13.8 Å². The molecule has 0 saturated carbocycles.